The minimum atomic E-state index is -0.00186. The van der Waals surface area contributed by atoms with Crippen molar-refractivity contribution < 1.29 is 9.90 Å². The molecule has 0 saturated carbocycles. The molecule has 172 valence electrons. The average Bonchev–Trinajstić information content (AvgIpc) is 3.29. The van der Waals surface area contributed by atoms with Crippen LogP contribution in [0.1, 0.15) is 39.9 Å². The maximum Gasteiger partial charge on any atom is 0.173 e. The molecule has 8 nitrogen and oxygen atoms in total. The molecule has 3 N–H and O–H groups in total. The van der Waals surface area contributed by atoms with E-state index in [1.165, 1.54) is 5.56 Å². The van der Waals surface area contributed by atoms with Crippen LogP contribution in [0.3, 0.4) is 0 Å². The lowest BCUT2D eigenvalue weighted by molar-refractivity contribution is 0.0995. The third kappa shape index (κ3) is 4.61. The fourth-order valence-electron chi connectivity index (χ4n) is 4.25. The number of unbranched alkanes of at least 4 members (excludes halogenated alkanes) is 1. The second-order valence-corrected chi connectivity index (χ2v) is 8.55. The van der Waals surface area contributed by atoms with Gasteiger partial charge in [-0.15, -0.1) is 5.10 Å². The van der Waals surface area contributed by atoms with E-state index in [1.807, 2.05) is 29.9 Å². The number of anilines is 4. The minimum Gasteiger partial charge on any atom is -0.508 e. The van der Waals surface area contributed by atoms with Crippen molar-refractivity contribution in [3.8, 4) is 5.75 Å². The van der Waals surface area contributed by atoms with E-state index < -0.39 is 0 Å². The van der Waals surface area contributed by atoms with Crippen LogP contribution >= 0.6 is 0 Å². The molecule has 0 spiro atoms. The number of Topliss-reactive ketones (excluding diaryl/α,β-unsaturated/α-hetero) is 1. The van der Waals surface area contributed by atoms with Crippen molar-refractivity contribution >= 4 is 28.7 Å². The Bertz CT molecular complexity index is 1330. The summed E-state index contributed by atoms with van der Waals surface area (Å²) in [6.07, 6.45) is 8.50. The van der Waals surface area contributed by atoms with Crippen molar-refractivity contribution in [2.75, 3.05) is 10.6 Å². The van der Waals surface area contributed by atoms with Gasteiger partial charge in [-0.25, -0.2) is 4.98 Å². The second kappa shape index (κ2) is 9.35. The molecule has 0 aliphatic carbocycles. The number of carbonyl (C=O) groups is 1. The SMILES string of the molecule is Cc1ccc(O)cc1Nc1ccnc2c1C(=O)Cc1cc(CCCCn3ccnn3)ccc1N2. The van der Waals surface area contributed by atoms with Crippen LogP contribution in [0.2, 0.25) is 0 Å². The Kier molecular flexibility index (Phi) is 5.95. The van der Waals surface area contributed by atoms with Gasteiger partial charge >= 0.3 is 0 Å². The first-order valence-corrected chi connectivity index (χ1v) is 11.4. The molecular weight excluding hydrogens is 428 g/mol. The number of benzene rings is 2. The molecule has 0 fully saturated rings. The smallest absolute Gasteiger partial charge is 0.173 e. The van der Waals surface area contributed by atoms with E-state index in [0.29, 0.717) is 23.5 Å². The fourth-order valence-corrected chi connectivity index (χ4v) is 4.25. The number of hydrogen-bond donors (Lipinski definition) is 3. The number of rotatable bonds is 7. The number of fused-ring (bicyclic) bond motifs is 2. The molecule has 0 atom stereocenters. The van der Waals surface area contributed by atoms with Crippen molar-refractivity contribution in [2.24, 2.45) is 0 Å². The molecule has 5 rings (SSSR count). The third-order valence-electron chi connectivity index (χ3n) is 6.07. The topological polar surface area (TPSA) is 105 Å². The first-order valence-electron chi connectivity index (χ1n) is 11.4. The molecular formula is C26H26N6O2. The Morgan fingerprint density at radius 1 is 1.09 bits per heavy atom. The highest BCUT2D eigenvalue weighted by atomic mass is 16.3. The number of nitrogens with zero attached hydrogens (tertiary/aromatic N) is 4. The predicted molar refractivity (Wildman–Crippen MR) is 131 cm³/mol. The van der Waals surface area contributed by atoms with Crippen LogP contribution in [0.4, 0.5) is 22.9 Å². The molecule has 1 aliphatic rings. The number of carbonyl (C=O) groups excluding carboxylic acids is 1. The van der Waals surface area contributed by atoms with Gasteiger partial charge in [0.25, 0.3) is 0 Å². The van der Waals surface area contributed by atoms with Gasteiger partial charge in [0, 0.05) is 42.8 Å². The zero-order valence-corrected chi connectivity index (χ0v) is 19.0. The second-order valence-electron chi connectivity index (χ2n) is 8.55. The Morgan fingerprint density at radius 3 is 2.85 bits per heavy atom. The third-order valence-corrected chi connectivity index (χ3v) is 6.07. The van der Waals surface area contributed by atoms with Crippen LogP contribution in [0.5, 0.6) is 5.75 Å². The van der Waals surface area contributed by atoms with E-state index in [4.69, 9.17) is 0 Å². The van der Waals surface area contributed by atoms with E-state index in [9.17, 15) is 9.90 Å². The summed E-state index contributed by atoms with van der Waals surface area (Å²) in [6, 6.07) is 13.2. The predicted octanol–water partition coefficient (Wildman–Crippen LogP) is 4.94. The lowest BCUT2D eigenvalue weighted by Gasteiger charge is -2.15. The highest BCUT2D eigenvalue weighted by Crippen LogP contribution is 2.35. The van der Waals surface area contributed by atoms with Gasteiger partial charge in [0.05, 0.1) is 17.4 Å². The van der Waals surface area contributed by atoms with E-state index in [0.717, 1.165) is 48.3 Å². The number of aromatic hydroxyl groups is 1. The van der Waals surface area contributed by atoms with E-state index >= 15 is 0 Å². The molecule has 3 heterocycles. The summed E-state index contributed by atoms with van der Waals surface area (Å²) in [6.45, 7) is 2.80. The number of nitrogens with one attached hydrogen (secondary N) is 2. The molecule has 2 aromatic heterocycles. The van der Waals surface area contributed by atoms with Gasteiger partial charge in [-0.3, -0.25) is 9.48 Å². The van der Waals surface area contributed by atoms with Gasteiger partial charge in [0.2, 0.25) is 0 Å². The molecule has 0 saturated heterocycles. The number of aryl methyl sites for hydroxylation is 3. The lowest BCUT2D eigenvalue weighted by Crippen LogP contribution is -2.08. The summed E-state index contributed by atoms with van der Waals surface area (Å²) in [4.78, 5) is 17.8. The summed E-state index contributed by atoms with van der Waals surface area (Å²) in [5.74, 6) is 0.698. The first kappa shape index (κ1) is 21.6. The normalized spacial score (nSPS) is 12.4. The fraction of sp³-hybridized carbons (Fsp3) is 0.231. The molecule has 0 amide bonds. The van der Waals surface area contributed by atoms with E-state index in [1.54, 1.807) is 30.6 Å². The van der Waals surface area contributed by atoms with Crippen molar-refractivity contribution in [3.05, 3.63) is 83.3 Å². The van der Waals surface area contributed by atoms with Gasteiger partial charge in [-0.2, -0.15) is 0 Å². The number of hydrogen-bond acceptors (Lipinski definition) is 7. The summed E-state index contributed by atoms with van der Waals surface area (Å²) in [7, 11) is 0. The van der Waals surface area contributed by atoms with Crippen molar-refractivity contribution in [1.29, 1.82) is 0 Å². The quantitative estimate of drug-likeness (QED) is 0.340. The van der Waals surface area contributed by atoms with Gasteiger partial charge in [-0.05, 0) is 61.1 Å². The number of pyridine rings is 1. The van der Waals surface area contributed by atoms with Crippen LogP contribution in [0.15, 0.2) is 61.1 Å². The van der Waals surface area contributed by atoms with Crippen molar-refractivity contribution in [3.63, 3.8) is 0 Å². The van der Waals surface area contributed by atoms with Gasteiger partial charge in [0.15, 0.2) is 5.78 Å². The molecule has 4 aromatic rings. The Hall–Kier alpha value is -4.20. The Morgan fingerprint density at radius 2 is 2.00 bits per heavy atom. The Labute approximate surface area is 197 Å². The maximum atomic E-state index is 13.3. The standard InChI is InChI=1S/C26H26N6O2/c1-17-5-7-20(33)16-23(17)29-22-9-10-27-26-25(22)24(34)15-19-14-18(6-8-21(19)30-26)4-2-3-12-32-13-11-28-31-32/h5-11,13-14,16,33H,2-4,12,15H2,1H3,(H2,27,29,30). The zero-order valence-electron chi connectivity index (χ0n) is 19.0. The number of phenolic OH excluding ortho intramolecular Hbond substituents is 1. The molecule has 0 unspecified atom stereocenters. The molecule has 8 heteroatoms. The van der Waals surface area contributed by atoms with E-state index in [2.05, 4.69) is 38.1 Å². The highest BCUT2D eigenvalue weighted by molar-refractivity contribution is 6.09. The summed E-state index contributed by atoms with van der Waals surface area (Å²) < 4.78 is 1.84. The molecule has 1 aliphatic heterocycles. The zero-order chi connectivity index (χ0) is 23.5. The first-order chi connectivity index (χ1) is 16.6. The van der Waals surface area contributed by atoms with Crippen LogP contribution in [-0.2, 0) is 19.4 Å². The maximum absolute atomic E-state index is 13.3. The highest BCUT2D eigenvalue weighted by Gasteiger charge is 2.24. The lowest BCUT2D eigenvalue weighted by atomic mass is 9.99. The molecule has 2 aromatic carbocycles. The Balaban J connectivity index is 1.33. The monoisotopic (exact) mass is 454 g/mol. The van der Waals surface area contributed by atoms with E-state index in [-0.39, 0.29) is 11.5 Å². The van der Waals surface area contributed by atoms with Gasteiger partial charge in [0.1, 0.15) is 11.6 Å². The molecule has 0 bridgehead atoms. The summed E-state index contributed by atoms with van der Waals surface area (Å²) >= 11 is 0. The van der Waals surface area contributed by atoms with Crippen LogP contribution in [0.25, 0.3) is 0 Å². The largest absolute Gasteiger partial charge is 0.508 e. The molecule has 0 radical (unpaired) electrons. The van der Waals surface area contributed by atoms with Crippen LogP contribution in [0, 0.1) is 6.92 Å². The minimum absolute atomic E-state index is 0.00186. The number of ketones is 1. The van der Waals surface area contributed by atoms with Gasteiger partial charge < -0.3 is 15.7 Å². The average molecular weight is 455 g/mol. The summed E-state index contributed by atoms with van der Waals surface area (Å²) in [5, 5.41) is 24.4. The number of aromatic nitrogens is 4. The number of phenols is 1. The summed E-state index contributed by atoms with van der Waals surface area (Å²) in [5.41, 5.74) is 5.98. The van der Waals surface area contributed by atoms with Crippen LogP contribution in [-0.4, -0.2) is 30.9 Å². The molecule has 34 heavy (non-hydrogen) atoms. The van der Waals surface area contributed by atoms with Crippen molar-refractivity contribution in [1.82, 2.24) is 20.0 Å². The van der Waals surface area contributed by atoms with Gasteiger partial charge in [-0.1, -0.05) is 23.4 Å². The van der Waals surface area contributed by atoms with Crippen LogP contribution < -0.4 is 10.6 Å². The van der Waals surface area contributed by atoms with Crippen molar-refractivity contribution in [2.45, 2.75) is 39.2 Å².